The fourth-order valence-electron chi connectivity index (χ4n) is 2.55. The second kappa shape index (κ2) is 6.11. The molecule has 5 N–H and O–H groups in total. The number of hydrogen-bond donors (Lipinski definition) is 4. The van der Waals surface area contributed by atoms with Gasteiger partial charge in [-0.05, 0) is 39.5 Å². The Balaban J connectivity index is 2.71. The van der Waals surface area contributed by atoms with Crippen molar-refractivity contribution >= 4 is 17.6 Å². The van der Waals surface area contributed by atoms with Gasteiger partial charge in [-0.25, -0.2) is 0 Å². The Bertz CT molecular complexity index is 414. The zero-order valence-electron chi connectivity index (χ0n) is 12.4. The van der Waals surface area contributed by atoms with Crippen LogP contribution in [0.1, 0.15) is 40.5 Å². The number of nitrogens with zero attached hydrogens (tertiary/aromatic N) is 1. The van der Waals surface area contributed by atoms with E-state index in [1.165, 1.54) is 0 Å². The number of nitrogens with one attached hydrogen (secondary N) is 2. The van der Waals surface area contributed by atoms with Gasteiger partial charge >= 0.3 is 0 Å². The van der Waals surface area contributed by atoms with Gasteiger partial charge in [0.1, 0.15) is 11.5 Å². The van der Waals surface area contributed by atoms with Crippen LogP contribution in [0.2, 0.25) is 0 Å². The monoisotopic (exact) mass is 284 g/mol. The molecule has 114 valence electrons. The van der Waals surface area contributed by atoms with Crippen LogP contribution in [0.15, 0.2) is 5.16 Å². The van der Waals surface area contributed by atoms with E-state index in [0.29, 0.717) is 18.8 Å². The minimum absolute atomic E-state index is 0.00334. The van der Waals surface area contributed by atoms with Gasteiger partial charge in [0, 0.05) is 6.04 Å². The fourth-order valence-corrected chi connectivity index (χ4v) is 2.55. The molecule has 1 aliphatic carbocycles. The molecule has 1 atom stereocenters. The highest BCUT2D eigenvalue weighted by atomic mass is 16.4. The van der Waals surface area contributed by atoms with Gasteiger partial charge < -0.3 is 21.6 Å². The Labute approximate surface area is 119 Å². The smallest absolute Gasteiger partial charge is 0.242 e. The first-order valence-electron chi connectivity index (χ1n) is 6.82. The number of amidine groups is 1. The Morgan fingerprint density at radius 2 is 1.85 bits per heavy atom. The molecule has 2 amide bonds. The molecule has 0 aromatic carbocycles. The van der Waals surface area contributed by atoms with E-state index in [0.717, 1.165) is 0 Å². The highest BCUT2D eigenvalue weighted by molar-refractivity contribution is 6.08. The van der Waals surface area contributed by atoms with E-state index in [9.17, 15) is 9.59 Å². The molecule has 7 nitrogen and oxygen atoms in total. The van der Waals surface area contributed by atoms with Gasteiger partial charge in [0.2, 0.25) is 11.8 Å². The number of nitrogens with two attached hydrogens (primary N) is 1. The molecule has 0 aliphatic heterocycles. The summed E-state index contributed by atoms with van der Waals surface area (Å²) in [6.45, 7) is 7.29. The first kappa shape index (κ1) is 16.3. The number of oxime groups is 1. The van der Waals surface area contributed by atoms with Crippen molar-refractivity contribution in [3.63, 3.8) is 0 Å². The average Bonchev–Trinajstić information content (AvgIpc) is 2.32. The standard InChI is InChI=1S/C13H24N4O3/c1-7(2)15-10(18)9(4)16-12(19)13(11(14)17-20)5-8(3)6-13/h7-9,20H,5-6H2,1-4H3,(H2,14,17)(H,15,18)(H,16,19). The Kier molecular flexibility index (Phi) is 4.97. The van der Waals surface area contributed by atoms with Crippen LogP contribution in [0.25, 0.3) is 0 Å². The summed E-state index contributed by atoms with van der Waals surface area (Å²) in [4.78, 5) is 24.1. The van der Waals surface area contributed by atoms with E-state index in [-0.39, 0.29) is 23.7 Å². The number of carbonyl (C=O) groups is 2. The van der Waals surface area contributed by atoms with Gasteiger partial charge in [0.05, 0.1) is 0 Å². The molecule has 7 heteroatoms. The van der Waals surface area contributed by atoms with Crippen molar-refractivity contribution in [1.29, 1.82) is 0 Å². The number of carbonyl (C=O) groups excluding carboxylic acids is 2. The molecule has 1 aliphatic rings. The summed E-state index contributed by atoms with van der Waals surface area (Å²) in [7, 11) is 0. The molecule has 0 aromatic heterocycles. The van der Waals surface area contributed by atoms with E-state index in [4.69, 9.17) is 10.9 Å². The van der Waals surface area contributed by atoms with Crippen LogP contribution in [-0.4, -0.2) is 34.9 Å². The molecule has 0 spiro atoms. The van der Waals surface area contributed by atoms with Crippen LogP contribution in [0, 0.1) is 11.3 Å². The lowest BCUT2D eigenvalue weighted by molar-refractivity contribution is -0.136. The minimum atomic E-state index is -0.986. The molecule has 1 unspecified atom stereocenters. The normalized spacial score (nSPS) is 27.6. The van der Waals surface area contributed by atoms with E-state index in [2.05, 4.69) is 15.8 Å². The van der Waals surface area contributed by atoms with Crippen molar-refractivity contribution in [2.75, 3.05) is 0 Å². The molecule has 0 heterocycles. The third-order valence-electron chi connectivity index (χ3n) is 3.60. The molecule has 1 saturated carbocycles. The lowest BCUT2D eigenvalue weighted by atomic mass is 9.61. The van der Waals surface area contributed by atoms with Crippen molar-refractivity contribution in [3.8, 4) is 0 Å². The second-order valence-electron chi connectivity index (χ2n) is 5.94. The first-order chi connectivity index (χ1) is 9.22. The van der Waals surface area contributed by atoms with Crippen LogP contribution < -0.4 is 16.4 Å². The largest absolute Gasteiger partial charge is 0.409 e. The third kappa shape index (κ3) is 3.20. The van der Waals surface area contributed by atoms with E-state index < -0.39 is 11.5 Å². The Morgan fingerprint density at radius 1 is 1.30 bits per heavy atom. The fraction of sp³-hybridized carbons (Fsp3) is 0.769. The molecular formula is C13H24N4O3. The van der Waals surface area contributed by atoms with Crippen LogP contribution in [0.4, 0.5) is 0 Å². The third-order valence-corrected chi connectivity index (χ3v) is 3.60. The molecular weight excluding hydrogens is 260 g/mol. The lowest BCUT2D eigenvalue weighted by Crippen LogP contribution is -2.59. The van der Waals surface area contributed by atoms with Crippen molar-refractivity contribution in [2.45, 2.75) is 52.6 Å². The highest BCUT2D eigenvalue weighted by Gasteiger charge is 2.52. The number of rotatable bonds is 5. The van der Waals surface area contributed by atoms with Gasteiger partial charge in [0.15, 0.2) is 5.84 Å². The maximum absolute atomic E-state index is 12.3. The summed E-state index contributed by atoms with van der Waals surface area (Å²) in [6, 6.07) is -0.659. The molecule has 0 radical (unpaired) electrons. The van der Waals surface area contributed by atoms with Gasteiger partial charge in [-0.1, -0.05) is 12.1 Å². The topological polar surface area (TPSA) is 117 Å². The van der Waals surface area contributed by atoms with Crippen LogP contribution in [0.3, 0.4) is 0 Å². The summed E-state index contributed by atoms with van der Waals surface area (Å²) in [6.07, 6.45) is 1.04. The van der Waals surface area contributed by atoms with Gasteiger partial charge in [0.25, 0.3) is 0 Å². The molecule has 0 aromatic rings. The predicted molar refractivity (Wildman–Crippen MR) is 75.1 cm³/mol. The van der Waals surface area contributed by atoms with Crippen LogP contribution in [0.5, 0.6) is 0 Å². The molecule has 1 rings (SSSR count). The zero-order valence-corrected chi connectivity index (χ0v) is 12.4. The summed E-state index contributed by atoms with van der Waals surface area (Å²) >= 11 is 0. The molecule has 0 saturated heterocycles. The summed E-state index contributed by atoms with van der Waals surface area (Å²) in [5.74, 6) is -0.377. The summed E-state index contributed by atoms with van der Waals surface area (Å²) < 4.78 is 0. The van der Waals surface area contributed by atoms with Crippen LogP contribution >= 0.6 is 0 Å². The number of hydrogen-bond acceptors (Lipinski definition) is 4. The van der Waals surface area contributed by atoms with Gasteiger partial charge in [-0.15, -0.1) is 0 Å². The van der Waals surface area contributed by atoms with Crippen molar-refractivity contribution in [3.05, 3.63) is 0 Å². The SMILES string of the molecule is CC1CC(C(=O)NC(C)C(=O)NC(C)C)(C(N)=NO)C1. The maximum Gasteiger partial charge on any atom is 0.242 e. The molecule has 1 fully saturated rings. The first-order valence-corrected chi connectivity index (χ1v) is 6.82. The zero-order chi connectivity index (χ0) is 15.5. The number of amides is 2. The quantitative estimate of drug-likeness (QED) is 0.249. The van der Waals surface area contributed by atoms with Crippen molar-refractivity contribution in [2.24, 2.45) is 22.2 Å². The highest BCUT2D eigenvalue weighted by Crippen LogP contribution is 2.45. The van der Waals surface area contributed by atoms with E-state index >= 15 is 0 Å². The van der Waals surface area contributed by atoms with Gasteiger partial charge in [-0.2, -0.15) is 0 Å². The minimum Gasteiger partial charge on any atom is -0.409 e. The van der Waals surface area contributed by atoms with Gasteiger partial charge in [-0.3, -0.25) is 9.59 Å². The summed E-state index contributed by atoms with van der Waals surface area (Å²) in [5, 5.41) is 17.2. The second-order valence-corrected chi connectivity index (χ2v) is 5.94. The molecule has 0 bridgehead atoms. The van der Waals surface area contributed by atoms with Crippen molar-refractivity contribution < 1.29 is 14.8 Å². The predicted octanol–water partition coefficient (Wildman–Crippen LogP) is 0.178. The summed E-state index contributed by atoms with van der Waals surface area (Å²) in [5.41, 5.74) is 4.66. The molecule has 20 heavy (non-hydrogen) atoms. The van der Waals surface area contributed by atoms with E-state index in [1.54, 1.807) is 6.92 Å². The van der Waals surface area contributed by atoms with Crippen molar-refractivity contribution in [1.82, 2.24) is 10.6 Å². The lowest BCUT2D eigenvalue weighted by Gasteiger charge is -2.44. The Hall–Kier alpha value is -1.79. The average molecular weight is 284 g/mol. The Morgan fingerprint density at radius 3 is 2.25 bits per heavy atom. The van der Waals surface area contributed by atoms with Crippen LogP contribution in [-0.2, 0) is 9.59 Å². The maximum atomic E-state index is 12.3. The van der Waals surface area contributed by atoms with E-state index in [1.807, 2.05) is 20.8 Å².